The van der Waals surface area contributed by atoms with E-state index >= 15 is 0 Å². The molecule has 2 rings (SSSR count). The summed E-state index contributed by atoms with van der Waals surface area (Å²) in [7, 11) is 1.59. The Balaban J connectivity index is 0.00000450. The van der Waals surface area contributed by atoms with Crippen LogP contribution in [0.3, 0.4) is 0 Å². The Kier molecular flexibility index (Phi) is 11.0. The zero-order valence-electron chi connectivity index (χ0n) is 18.3. The molecule has 0 saturated heterocycles. The standard InChI is InChI=1S/C21H32N4O4.HI/c1-6-22-20(25-14-19-23-13-18(29-19)21(2,3)4)24-12-15-7-8-16(28-10-9-26)17(11-15)27-5;/h7-8,11,13,26H,6,9-10,12,14H2,1-5H3,(H2,22,24,25);1H. The molecule has 9 heteroatoms. The van der Waals surface area contributed by atoms with Gasteiger partial charge in [-0.15, -0.1) is 24.0 Å². The minimum Gasteiger partial charge on any atom is -0.493 e. The summed E-state index contributed by atoms with van der Waals surface area (Å²) >= 11 is 0. The van der Waals surface area contributed by atoms with Gasteiger partial charge in [0.1, 0.15) is 12.4 Å². The van der Waals surface area contributed by atoms with E-state index in [1.54, 1.807) is 13.3 Å². The van der Waals surface area contributed by atoms with Crippen LogP contribution in [0.5, 0.6) is 11.5 Å². The summed E-state index contributed by atoms with van der Waals surface area (Å²) in [6.07, 6.45) is 1.77. The molecule has 30 heavy (non-hydrogen) atoms. The van der Waals surface area contributed by atoms with E-state index in [4.69, 9.17) is 19.0 Å². The molecule has 0 spiro atoms. The van der Waals surface area contributed by atoms with Crippen molar-refractivity contribution < 1.29 is 19.0 Å². The molecule has 1 aromatic heterocycles. The van der Waals surface area contributed by atoms with Gasteiger partial charge >= 0.3 is 0 Å². The lowest BCUT2D eigenvalue weighted by molar-refractivity contribution is 0.196. The van der Waals surface area contributed by atoms with Crippen molar-refractivity contribution in [1.82, 2.24) is 15.6 Å². The van der Waals surface area contributed by atoms with E-state index < -0.39 is 0 Å². The lowest BCUT2D eigenvalue weighted by atomic mass is 9.94. The fourth-order valence-electron chi connectivity index (χ4n) is 2.50. The highest BCUT2D eigenvalue weighted by atomic mass is 127. The number of methoxy groups -OCH3 is 1. The number of halogens is 1. The summed E-state index contributed by atoms with van der Waals surface area (Å²) in [6, 6.07) is 5.62. The van der Waals surface area contributed by atoms with E-state index in [2.05, 4.69) is 41.4 Å². The molecule has 0 aliphatic rings. The summed E-state index contributed by atoms with van der Waals surface area (Å²) in [5.41, 5.74) is 0.900. The number of aliphatic imine (C=N–C) groups is 1. The first-order valence-corrected chi connectivity index (χ1v) is 9.75. The number of benzene rings is 1. The molecule has 0 saturated carbocycles. The first kappa shape index (κ1) is 26.0. The van der Waals surface area contributed by atoms with E-state index in [9.17, 15) is 0 Å². The molecule has 0 amide bonds. The third-order valence-corrected chi connectivity index (χ3v) is 4.04. The number of nitrogens with zero attached hydrogens (tertiary/aromatic N) is 2. The molecule has 0 radical (unpaired) electrons. The number of aromatic nitrogens is 1. The van der Waals surface area contributed by atoms with E-state index in [-0.39, 0.29) is 42.6 Å². The Labute approximate surface area is 195 Å². The van der Waals surface area contributed by atoms with E-state index in [0.29, 0.717) is 36.4 Å². The number of hydrogen-bond acceptors (Lipinski definition) is 6. The van der Waals surface area contributed by atoms with Crippen molar-refractivity contribution >= 4 is 29.9 Å². The number of nitrogens with one attached hydrogen (secondary N) is 2. The first-order valence-electron chi connectivity index (χ1n) is 9.75. The highest BCUT2D eigenvalue weighted by Gasteiger charge is 2.19. The number of rotatable bonds is 9. The van der Waals surface area contributed by atoms with Crippen molar-refractivity contribution in [1.29, 1.82) is 0 Å². The lowest BCUT2D eigenvalue weighted by Crippen LogP contribution is -2.36. The van der Waals surface area contributed by atoms with Crippen molar-refractivity contribution in [3.05, 3.63) is 41.6 Å². The predicted molar refractivity (Wildman–Crippen MR) is 128 cm³/mol. The molecule has 1 aromatic carbocycles. The maximum atomic E-state index is 8.91. The normalized spacial score (nSPS) is 11.6. The second kappa shape index (κ2) is 12.6. The number of hydrogen-bond donors (Lipinski definition) is 3. The maximum Gasteiger partial charge on any atom is 0.213 e. The number of aliphatic hydroxyl groups is 1. The number of guanidine groups is 1. The van der Waals surface area contributed by atoms with Gasteiger partial charge in [-0.3, -0.25) is 0 Å². The molecular formula is C21H33IN4O4. The van der Waals surface area contributed by atoms with Gasteiger partial charge in [0, 0.05) is 12.0 Å². The molecule has 0 aliphatic heterocycles. The molecule has 0 fully saturated rings. The van der Waals surface area contributed by atoms with Crippen LogP contribution < -0.4 is 20.1 Å². The topological polar surface area (TPSA) is 101 Å². The smallest absolute Gasteiger partial charge is 0.213 e. The van der Waals surface area contributed by atoms with Crippen LogP contribution in [0.25, 0.3) is 0 Å². The van der Waals surface area contributed by atoms with Gasteiger partial charge in [0.25, 0.3) is 0 Å². The van der Waals surface area contributed by atoms with Gasteiger partial charge in [-0.2, -0.15) is 0 Å². The Morgan fingerprint density at radius 1 is 1.23 bits per heavy atom. The Morgan fingerprint density at radius 3 is 2.60 bits per heavy atom. The van der Waals surface area contributed by atoms with Crippen LogP contribution in [0, 0.1) is 0 Å². The minimum atomic E-state index is -0.0735. The predicted octanol–water partition coefficient (Wildman–Crippen LogP) is 3.23. The summed E-state index contributed by atoms with van der Waals surface area (Å²) in [6.45, 7) is 10.1. The van der Waals surface area contributed by atoms with E-state index in [0.717, 1.165) is 17.9 Å². The SMILES string of the molecule is CCNC(=NCc1ccc(OCCO)c(OC)c1)NCc1ncc(C(C)(C)C)o1.I. The Bertz CT molecular complexity index is 803. The van der Waals surface area contributed by atoms with Crippen molar-refractivity contribution in [3.63, 3.8) is 0 Å². The highest BCUT2D eigenvalue weighted by Crippen LogP contribution is 2.28. The first-order chi connectivity index (χ1) is 13.9. The van der Waals surface area contributed by atoms with E-state index in [1.807, 2.05) is 25.1 Å². The van der Waals surface area contributed by atoms with Crippen LogP contribution >= 0.6 is 24.0 Å². The third kappa shape index (κ3) is 8.02. The van der Waals surface area contributed by atoms with Gasteiger partial charge in [-0.1, -0.05) is 26.8 Å². The van der Waals surface area contributed by atoms with Gasteiger partial charge < -0.3 is 29.6 Å². The lowest BCUT2D eigenvalue weighted by Gasteiger charge is -2.13. The fraction of sp³-hybridized carbons (Fsp3) is 0.524. The number of aliphatic hydroxyl groups excluding tert-OH is 1. The molecule has 0 bridgehead atoms. The minimum absolute atomic E-state index is 0. The summed E-state index contributed by atoms with van der Waals surface area (Å²) in [4.78, 5) is 8.94. The van der Waals surface area contributed by atoms with Crippen LogP contribution in [0.2, 0.25) is 0 Å². The molecule has 3 N–H and O–H groups in total. The molecular weight excluding hydrogens is 499 g/mol. The molecule has 2 aromatic rings. The molecule has 8 nitrogen and oxygen atoms in total. The third-order valence-electron chi connectivity index (χ3n) is 4.04. The zero-order valence-corrected chi connectivity index (χ0v) is 20.6. The summed E-state index contributed by atoms with van der Waals surface area (Å²) < 4.78 is 16.6. The van der Waals surface area contributed by atoms with Crippen LogP contribution in [-0.2, 0) is 18.5 Å². The van der Waals surface area contributed by atoms with Crippen molar-refractivity contribution in [2.24, 2.45) is 4.99 Å². The molecule has 0 aliphatic carbocycles. The Morgan fingerprint density at radius 2 is 2.00 bits per heavy atom. The molecule has 168 valence electrons. The summed E-state index contributed by atoms with van der Waals surface area (Å²) in [5, 5.41) is 15.4. The second-order valence-corrected chi connectivity index (χ2v) is 7.47. The van der Waals surface area contributed by atoms with Crippen molar-refractivity contribution in [2.45, 2.75) is 46.2 Å². The molecule has 1 heterocycles. The fourth-order valence-corrected chi connectivity index (χ4v) is 2.50. The van der Waals surface area contributed by atoms with Gasteiger partial charge in [-0.25, -0.2) is 9.98 Å². The quantitative estimate of drug-likeness (QED) is 0.259. The van der Waals surface area contributed by atoms with Crippen molar-refractivity contribution in [3.8, 4) is 11.5 Å². The average Bonchev–Trinajstić information content (AvgIpc) is 3.18. The molecule has 0 unspecified atom stereocenters. The highest BCUT2D eigenvalue weighted by molar-refractivity contribution is 14.0. The second-order valence-electron chi connectivity index (χ2n) is 7.47. The summed E-state index contributed by atoms with van der Waals surface area (Å²) in [5.74, 6) is 3.35. The van der Waals surface area contributed by atoms with E-state index in [1.165, 1.54) is 0 Å². The number of ether oxygens (including phenoxy) is 2. The molecule has 0 atom stereocenters. The van der Waals surface area contributed by atoms with Gasteiger partial charge in [-0.05, 0) is 24.6 Å². The van der Waals surface area contributed by atoms with Gasteiger partial charge in [0.05, 0.1) is 33.0 Å². The van der Waals surface area contributed by atoms with Crippen LogP contribution in [0.4, 0.5) is 0 Å². The monoisotopic (exact) mass is 532 g/mol. The zero-order chi connectivity index (χ0) is 21.3. The van der Waals surface area contributed by atoms with Gasteiger partial charge in [0.15, 0.2) is 17.5 Å². The average molecular weight is 532 g/mol. The maximum absolute atomic E-state index is 8.91. The van der Waals surface area contributed by atoms with Crippen molar-refractivity contribution in [2.75, 3.05) is 26.9 Å². The van der Waals surface area contributed by atoms with Crippen LogP contribution in [0.1, 0.15) is 44.9 Å². The van der Waals surface area contributed by atoms with Crippen LogP contribution in [-0.4, -0.2) is 42.9 Å². The Hall–Kier alpha value is -2.01. The largest absolute Gasteiger partial charge is 0.493 e. The van der Waals surface area contributed by atoms with Crippen LogP contribution in [0.15, 0.2) is 33.8 Å². The number of oxazole rings is 1. The van der Waals surface area contributed by atoms with Gasteiger partial charge in [0.2, 0.25) is 5.89 Å².